The Labute approximate surface area is 165 Å². The molecule has 0 unspecified atom stereocenters. The maximum absolute atomic E-state index is 12.8. The summed E-state index contributed by atoms with van der Waals surface area (Å²) >= 11 is 0. The summed E-state index contributed by atoms with van der Waals surface area (Å²) in [5, 5.41) is 4.62. The van der Waals surface area contributed by atoms with Crippen LogP contribution in [0.3, 0.4) is 0 Å². The molecule has 1 aromatic heterocycles. The van der Waals surface area contributed by atoms with Crippen molar-refractivity contribution in [3.05, 3.63) is 77.1 Å². The summed E-state index contributed by atoms with van der Waals surface area (Å²) in [4.78, 5) is 14.6. The standard InChI is InChI=1S/C21H23N3O3S/c1-15-20(16(2)24(22-15)18-8-6-5-7-9-18)14-23(3)21(25)17-10-12-19(13-11-17)28(4,26)27/h5-13H,14H2,1-4H3. The summed E-state index contributed by atoms with van der Waals surface area (Å²) < 4.78 is 25.0. The minimum atomic E-state index is -3.28. The number of benzene rings is 2. The molecule has 0 aliphatic heterocycles. The first kappa shape index (κ1) is 19.8. The average molecular weight is 398 g/mol. The van der Waals surface area contributed by atoms with Crippen LogP contribution in [0.1, 0.15) is 27.3 Å². The quantitative estimate of drug-likeness (QED) is 0.663. The SMILES string of the molecule is Cc1nn(-c2ccccc2)c(C)c1CN(C)C(=O)c1ccc(S(C)(=O)=O)cc1. The van der Waals surface area contributed by atoms with Gasteiger partial charge < -0.3 is 4.90 Å². The third kappa shape index (κ3) is 3.99. The molecule has 0 fully saturated rings. The van der Waals surface area contributed by atoms with Gasteiger partial charge in [-0.2, -0.15) is 5.10 Å². The molecule has 0 saturated heterocycles. The van der Waals surface area contributed by atoms with Crippen molar-refractivity contribution in [1.82, 2.24) is 14.7 Å². The van der Waals surface area contributed by atoms with Crippen molar-refractivity contribution in [2.75, 3.05) is 13.3 Å². The Morgan fingerprint density at radius 1 is 1.04 bits per heavy atom. The van der Waals surface area contributed by atoms with Gasteiger partial charge in [-0.05, 0) is 50.2 Å². The summed E-state index contributed by atoms with van der Waals surface area (Å²) in [7, 11) is -1.56. The lowest BCUT2D eigenvalue weighted by Crippen LogP contribution is -2.26. The molecule has 1 heterocycles. The molecule has 0 bridgehead atoms. The number of amides is 1. The predicted molar refractivity (Wildman–Crippen MR) is 108 cm³/mol. The Morgan fingerprint density at radius 3 is 2.21 bits per heavy atom. The van der Waals surface area contributed by atoms with E-state index < -0.39 is 9.84 Å². The van der Waals surface area contributed by atoms with Crippen LogP contribution in [-0.2, 0) is 16.4 Å². The lowest BCUT2D eigenvalue weighted by Gasteiger charge is -2.18. The highest BCUT2D eigenvalue weighted by atomic mass is 32.2. The van der Waals surface area contributed by atoms with E-state index in [0.29, 0.717) is 12.1 Å². The first-order valence-corrected chi connectivity index (χ1v) is 10.7. The molecule has 28 heavy (non-hydrogen) atoms. The van der Waals surface area contributed by atoms with Crippen LogP contribution in [0.25, 0.3) is 5.69 Å². The molecular formula is C21H23N3O3S. The van der Waals surface area contributed by atoms with Gasteiger partial charge in [0.15, 0.2) is 9.84 Å². The number of aromatic nitrogens is 2. The Morgan fingerprint density at radius 2 is 1.64 bits per heavy atom. The molecule has 146 valence electrons. The number of nitrogens with zero attached hydrogens (tertiary/aromatic N) is 3. The summed E-state index contributed by atoms with van der Waals surface area (Å²) in [5.41, 5.74) is 4.26. The molecule has 3 rings (SSSR count). The Hall–Kier alpha value is -2.93. The zero-order valence-corrected chi connectivity index (χ0v) is 17.2. The van der Waals surface area contributed by atoms with Crippen LogP contribution in [0.5, 0.6) is 0 Å². The molecule has 7 heteroatoms. The van der Waals surface area contributed by atoms with E-state index in [4.69, 9.17) is 0 Å². The third-order valence-electron chi connectivity index (χ3n) is 4.71. The van der Waals surface area contributed by atoms with Crippen LogP contribution in [0.2, 0.25) is 0 Å². The lowest BCUT2D eigenvalue weighted by atomic mass is 10.1. The maximum Gasteiger partial charge on any atom is 0.253 e. The number of aryl methyl sites for hydroxylation is 1. The first-order valence-electron chi connectivity index (χ1n) is 8.84. The van der Waals surface area contributed by atoms with Crippen LogP contribution in [0.4, 0.5) is 0 Å². The van der Waals surface area contributed by atoms with E-state index in [0.717, 1.165) is 28.9 Å². The number of carbonyl (C=O) groups is 1. The average Bonchev–Trinajstić information content (AvgIpc) is 2.95. The van der Waals surface area contributed by atoms with E-state index in [1.165, 1.54) is 12.1 Å². The fraction of sp³-hybridized carbons (Fsp3) is 0.238. The van der Waals surface area contributed by atoms with Gasteiger partial charge in [0.2, 0.25) is 0 Å². The van der Waals surface area contributed by atoms with Gasteiger partial charge in [0.25, 0.3) is 5.91 Å². The highest BCUT2D eigenvalue weighted by molar-refractivity contribution is 7.90. The van der Waals surface area contributed by atoms with Gasteiger partial charge in [0.1, 0.15) is 0 Å². The monoisotopic (exact) mass is 397 g/mol. The number of hydrogen-bond acceptors (Lipinski definition) is 4. The van der Waals surface area contributed by atoms with Crippen molar-refractivity contribution in [2.45, 2.75) is 25.3 Å². The highest BCUT2D eigenvalue weighted by Gasteiger charge is 2.18. The van der Waals surface area contributed by atoms with E-state index in [1.54, 1.807) is 24.1 Å². The van der Waals surface area contributed by atoms with E-state index in [1.807, 2.05) is 48.9 Å². The van der Waals surface area contributed by atoms with Crippen LogP contribution in [-0.4, -0.2) is 42.3 Å². The minimum Gasteiger partial charge on any atom is -0.337 e. The van der Waals surface area contributed by atoms with Gasteiger partial charge in [0, 0.05) is 36.7 Å². The zero-order chi connectivity index (χ0) is 20.5. The van der Waals surface area contributed by atoms with E-state index >= 15 is 0 Å². The van der Waals surface area contributed by atoms with Crippen LogP contribution in [0.15, 0.2) is 59.5 Å². The Balaban J connectivity index is 1.82. The number of sulfone groups is 1. The van der Waals surface area contributed by atoms with Gasteiger partial charge in [-0.25, -0.2) is 13.1 Å². The normalized spacial score (nSPS) is 11.4. The Bertz CT molecular complexity index is 1100. The van der Waals surface area contributed by atoms with Gasteiger partial charge in [-0.3, -0.25) is 4.79 Å². The van der Waals surface area contributed by atoms with Gasteiger partial charge in [-0.15, -0.1) is 0 Å². The van der Waals surface area contributed by atoms with Crippen molar-refractivity contribution < 1.29 is 13.2 Å². The fourth-order valence-electron chi connectivity index (χ4n) is 3.10. The van der Waals surface area contributed by atoms with Crippen molar-refractivity contribution >= 4 is 15.7 Å². The molecule has 0 radical (unpaired) electrons. The van der Waals surface area contributed by atoms with Crippen LogP contribution in [0, 0.1) is 13.8 Å². The first-order chi connectivity index (χ1) is 13.2. The highest BCUT2D eigenvalue weighted by Crippen LogP contribution is 2.20. The molecular weight excluding hydrogens is 374 g/mol. The Kier molecular flexibility index (Phi) is 5.38. The van der Waals surface area contributed by atoms with Gasteiger partial charge >= 0.3 is 0 Å². The van der Waals surface area contributed by atoms with Crippen molar-refractivity contribution in [2.24, 2.45) is 0 Å². The summed E-state index contributed by atoms with van der Waals surface area (Å²) in [5.74, 6) is -0.175. The van der Waals surface area contributed by atoms with Crippen molar-refractivity contribution in [3.8, 4) is 5.69 Å². The van der Waals surface area contributed by atoms with E-state index in [9.17, 15) is 13.2 Å². The molecule has 0 N–H and O–H groups in total. The molecule has 0 aliphatic carbocycles. The largest absolute Gasteiger partial charge is 0.337 e. The smallest absolute Gasteiger partial charge is 0.253 e. The van der Waals surface area contributed by atoms with Crippen LogP contribution >= 0.6 is 0 Å². The topological polar surface area (TPSA) is 72.3 Å². The number of para-hydroxylation sites is 1. The molecule has 0 spiro atoms. The predicted octanol–water partition coefficient (Wildman–Crippen LogP) is 3.16. The molecule has 3 aromatic rings. The van der Waals surface area contributed by atoms with Crippen molar-refractivity contribution in [3.63, 3.8) is 0 Å². The van der Waals surface area contributed by atoms with Gasteiger partial charge in [0.05, 0.1) is 16.3 Å². The van der Waals surface area contributed by atoms with Crippen molar-refractivity contribution in [1.29, 1.82) is 0 Å². The second-order valence-corrected chi connectivity index (χ2v) is 8.87. The fourth-order valence-corrected chi connectivity index (χ4v) is 3.73. The number of hydrogen-bond donors (Lipinski definition) is 0. The van der Waals surface area contributed by atoms with E-state index in [2.05, 4.69) is 5.10 Å². The second kappa shape index (κ2) is 7.59. The summed E-state index contributed by atoms with van der Waals surface area (Å²) in [6.45, 7) is 4.33. The molecule has 6 nitrogen and oxygen atoms in total. The van der Waals surface area contributed by atoms with Crippen LogP contribution < -0.4 is 0 Å². The molecule has 2 aromatic carbocycles. The number of carbonyl (C=O) groups excluding carboxylic acids is 1. The molecule has 0 saturated carbocycles. The lowest BCUT2D eigenvalue weighted by molar-refractivity contribution is 0.0784. The summed E-state index contributed by atoms with van der Waals surface area (Å²) in [6.07, 6.45) is 1.14. The molecule has 0 atom stereocenters. The second-order valence-electron chi connectivity index (χ2n) is 6.85. The third-order valence-corrected chi connectivity index (χ3v) is 5.84. The maximum atomic E-state index is 12.8. The number of rotatable bonds is 5. The van der Waals surface area contributed by atoms with Gasteiger partial charge in [-0.1, -0.05) is 18.2 Å². The minimum absolute atomic E-state index is 0.175. The van der Waals surface area contributed by atoms with E-state index in [-0.39, 0.29) is 10.8 Å². The zero-order valence-electron chi connectivity index (χ0n) is 16.4. The molecule has 0 aliphatic rings. The molecule has 1 amide bonds. The summed E-state index contributed by atoms with van der Waals surface area (Å²) in [6, 6.07) is 15.9.